The summed E-state index contributed by atoms with van der Waals surface area (Å²) < 4.78 is 18.6. The number of ether oxygens (including phenoxy) is 1. The lowest BCUT2D eigenvalue weighted by Crippen LogP contribution is -1.87. The zero-order chi connectivity index (χ0) is 11.5. The smallest absolute Gasteiger partial charge is 0.137 e. The molecule has 3 nitrogen and oxygen atoms in total. The lowest BCUT2D eigenvalue weighted by atomic mass is 10.2. The van der Waals surface area contributed by atoms with Crippen molar-refractivity contribution in [2.45, 2.75) is 6.61 Å². The van der Waals surface area contributed by atoms with Gasteiger partial charge >= 0.3 is 0 Å². The van der Waals surface area contributed by atoms with Gasteiger partial charge in [0, 0.05) is 17.8 Å². The number of methoxy groups -OCH3 is 1. The molecule has 1 heterocycles. The summed E-state index contributed by atoms with van der Waals surface area (Å²) in [5.74, 6) is 0.0957. The third-order valence-corrected chi connectivity index (χ3v) is 3.13. The second-order valence-corrected chi connectivity index (χ2v) is 4.25. The Morgan fingerprint density at radius 2 is 2.31 bits per heavy atom. The summed E-state index contributed by atoms with van der Waals surface area (Å²) in [6.07, 6.45) is 1.55. The molecular weight excluding hydrogens is 229 g/mol. The zero-order valence-corrected chi connectivity index (χ0v) is 9.42. The Kier molecular flexibility index (Phi) is 3.17. The molecule has 2 aromatic rings. The van der Waals surface area contributed by atoms with Crippen molar-refractivity contribution in [1.29, 1.82) is 0 Å². The lowest BCUT2D eigenvalue weighted by molar-refractivity contribution is 0.285. The Morgan fingerprint density at radius 3 is 2.88 bits per heavy atom. The molecule has 0 aliphatic carbocycles. The van der Waals surface area contributed by atoms with E-state index in [1.807, 2.05) is 0 Å². The predicted molar refractivity (Wildman–Crippen MR) is 60.0 cm³/mol. The molecule has 0 atom stereocenters. The SMILES string of the molecule is COc1ccc(-c2ncc(CO)s2)c(F)c1. The predicted octanol–water partition coefficient (Wildman–Crippen LogP) is 2.45. The van der Waals surface area contributed by atoms with E-state index in [-0.39, 0.29) is 12.4 Å². The maximum absolute atomic E-state index is 13.7. The molecule has 1 aromatic heterocycles. The summed E-state index contributed by atoms with van der Waals surface area (Å²) in [7, 11) is 1.49. The van der Waals surface area contributed by atoms with Crippen molar-refractivity contribution in [3.8, 4) is 16.3 Å². The first-order valence-electron chi connectivity index (χ1n) is 4.64. The summed E-state index contributed by atoms with van der Waals surface area (Å²) in [4.78, 5) is 4.76. The highest BCUT2D eigenvalue weighted by Gasteiger charge is 2.10. The van der Waals surface area contributed by atoms with Crippen LogP contribution in [-0.2, 0) is 6.61 Å². The minimum absolute atomic E-state index is 0.0740. The van der Waals surface area contributed by atoms with Gasteiger partial charge < -0.3 is 9.84 Å². The normalized spacial score (nSPS) is 10.4. The first-order chi connectivity index (χ1) is 7.74. The summed E-state index contributed by atoms with van der Waals surface area (Å²) >= 11 is 1.27. The number of halogens is 1. The van der Waals surface area contributed by atoms with Crippen molar-refractivity contribution >= 4 is 11.3 Å². The average Bonchev–Trinajstić information content (AvgIpc) is 2.77. The van der Waals surface area contributed by atoms with Gasteiger partial charge in [-0.05, 0) is 12.1 Å². The molecule has 0 aliphatic heterocycles. The number of benzene rings is 1. The molecule has 0 fully saturated rings. The van der Waals surface area contributed by atoms with Crippen LogP contribution in [0.4, 0.5) is 4.39 Å². The Balaban J connectivity index is 2.40. The van der Waals surface area contributed by atoms with E-state index in [1.54, 1.807) is 18.3 Å². The molecule has 0 bridgehead atoms. The van der Waals surface area contributed by atoms with Gasteiger partial charge in [-0.2, -0.15) is 0 Å². The van der Waals surface area contributed by atoms with E-state index in [0.29, 0.717) is 21.2 Å². The topological polar surface area (TPSA) is 42.4 Å². The first-order valence-corrected chi connectivity index (χ1v) is 5.45. The van der Waals surface area contributed by atoms with E-state index < -0.39 is 0 Å². The Labute approximate surface area is 96.2 Å². The number of thiazole rings is 1. The van der Waals surface area contributed by atoms with Crippen molar-refractivity contribution in [3.05, 3.63) is 35.1 Å². The number of rotatable bonds is 3. The monoisotopic (exact) mass is 239 g/mol. The second kappa shape index (κ2) is 4.59. The van der Waals surface area contributed by atoms with E-state index >= 15 is 0 Å². The first kappa shape index (κ1) is 11.0. The third-order valence-electron chi connectivity index (χ3n) is 2.12. The molecule has 84 valence electrons. The fraction of sp³-hybridized carbons (Fsp3) is 0.182. The fourth-order valence-corrected chi connectivity index (χ4v) is 2.10. The molecule has 1 N–H and O–H groups in total. The minimum atomic E-state index is -0.377. The molecule has 5 heteroatoms. The van der Waals surface area contributed by atoms with Crippen LogP contribution in [0.3, 0.4) is 0 Å². The number of nitrogens with zero attached hydrogens (tertiary/aromatic N) is 1. The van der Waals surface area contributed by atoms with Gasteiger partial charge in [0.1, 0.15) is 16.6 Å². The van der Waals surface area contributed by atoms with Crippen molar-refractivity contribution in [2.24, 2.45) is 0 Å². The molecule has 0 amide bonds. The minimum Gasteiger partial charge on any atom is -0.497 e. The molecule has 2 rings (SSSR count). The molecule has 1 aromatic carbocycles. The van der Waals surface area contributed by atoms with E-state index in [1.165, 1.54) is 24.5 Å². The Morgan fingerprint density at radius 1 is 1.50 bits per heavy atom. The molecule has 16 heavy (non-hydrogen) atoms. The van der Waals surface area contributed by atoms with E-state index in [9.17, 15) is 4.39 Å². The van der Waals surface area contributed by atoms with Gasteiger partial charge in [-0.25, -0.2) is 9.37 Å². The Bertz CT molecular complexity index is 498. The van der Waals surface area contributed by atoms with Crippen LogP contribution in [-0.4, -0.2) is 17.2 Å². The molecule has 0 aliphatic rings. The number of aromatic nitrogens is 1. The van der Waals surface area contributed by atoms with Crippen molar-refractivity contribution in [3.63, 3.8) is 0 Å². The lowest BCUT2D eigenvalue weighted by Gasteiger charge is -2.02. The third kappa shape index (κ3) is 2.05. The summed E-state index contributed by atoms with van der Waals surface area (Å²) in [5, 5.41) is 9.47. The summed E-state index contributed by atoms with van der Waals surface area (Å²) in [5.41, 5.74) is 0.422. The molecule has 0 saturated carbocycles. The number of aliphatic hydroxyl groups is 1. The summed E-state index contributed by atoms with van der Waals surface area (Å²) in [6.45, 7) is -0.0740. The van der Waals surface area contributed by atoms with Crippen molar-refractivity contribution < 1.29 is 14.2 Å². The number of aliphatic hydroxyl groups excluding tert-OH is 1. The molecule has 0 spiro atoms. The highest BCUT2D eigenvalue weighted by molar-refractivity contribution is 7.15. The van der Waals surface area contributed by atoms with Gasteiger partial charge in [0.2, 0.25) is 0 Å². The molecule has 0 saturated heterocycles. The van der Waals surface area contributed by atoms with Crippen LogP contribution in [0, 0.1) is 5.82 Å². The van der Waals surface area contributed by atoms with Gasteiger partial charge in [-0.15, -0.1) is 11.3 Å². The van der Waals surface area contributed by atoms with Crippen LogP contribution in [0.2, 0.25) is 0 Å². The van der Waals surface area contributed by atoms with Crippen molar-refractivity contribution in [2.75, 3.05) is 7.11 Å². The van der Waals surface area contributed by atoms with Gasteiger partial charge in [0.25, 0.3) is 0 Å². The number of hydrogen-bond donors (Lipinski definition) is 1. The van der Waals surface area contributed by atoms with Crippen LogP contribution in [0.25, 0.3) is 10.6 Å². The highest BCUT2D eigenvalue weighted by Crippen LogP contribution is 2.29. The molecule has 0 unspecified atom stereocenters. The van der Waals surface area contributed by atoms with E-state index in [2.05, 4.69) is 4.98 Å². The van der Waals surface area contributed by atoms with Gasteiger partial charge in [0.15, 0.2) is 0 Å². The largest absolute Gasteiger partial charge is 0.497 e. The second-order valence-electron chi connectivity index (χ2n) is 3.14. The van der Waals surface area contributed by atoms with Gasteiger partial charge in [0.05, 0.1) is 18.6 Å². The van der Waals surface area contributed by atoms with E-state index in [4.69, 9.17) is 9.84 Å². The maximum atomic E-state index is 13.7. The summed E-state index contributed by atoms with van der Waals surface area (Å²) in [6, 6.07) is 4.61. The molecular formula is C11H10FNO2S. The van der Waals surface area contributed by atoms with Gasteiger partial charge in [-0.3, -0.25) is 0 Å². The van der Waals surface area contributed by atoms with Crippen molar-refractivity contribution in [1.82, 2.24) is 4.98 Å². The van der Waals surface area contributed by atoms with E-state index in [0.717, 1.165) is 0 Å². The van der Waals surface area contributed by atoms with Crippen LogP contribution >= 0.6 is 11.3 Å². The van der Waals surface area contributed by atoms with Crippen LogP contribution < -0.4 is 4.74 Å². The zero-order valence-electron chi connectivity index (χ0n) is 8.61. The molecule has 0 radical (unpaired) electrons. The van der Waals surface area contributed by atoms with Crippen LogP contribution in [0.5, 0.6) is 5.75 Å². The maximum Gasteiger partial charge on any atom is 0.137 e. The number of hydrogen-bond acceptors (Lipinski definition) is 4. The average molecular weight is 239 g/mol. The van der Waals surface area contributed by atoms with Gasteiger partial charge in [-0.1, -0.05) is 0 Å². The fourth-order valence-electron chi connectivity index (χ4n) is 1.30. The highest BCUT2D eigenvalue weighted by atomic mass is 32.1. The quantitative estimate of drug-likeness (QED) is 0.894. The van der Waals surface area contributed by atoms with Crippen LogP contribution in [0.1, 0.15) is 4.88 Å². The standard InChI is InChI=1S/C11H10FNO2S/c1-15-7-2-3-9(10(12)4-7)11-13-5-8(6-14)16-11/h2-5,14H,6H2,1H3. The Hall–Kier alpha value is -1.46. The van der Waals surface area contributed by atoms with Crippen LogP contribution in [0.15, 0.2) is 24.4 Å².